The quantitative estimate of drug-likeness (QED) is 0.678. The molecular formula is C16H17Cl2NO6S. The maximum absolute atomic E-state index is 13.0. The topological polar surface area (TPSA) is 90.0 Å². The lowest BCUT2D eigenvalue weighted by atomic mass is 9.91. The Morgan fingerprint density at radius 1 is 1.35 bits per heavy atom. The summed E-state index contributed by atoms with van der Waals surface area (Å²) in [5.74, 6) is -2.63. The molecular weight excluding hydrogens is 405 g/mol. The van der Waals surface area contributed by atoms with Gasteiger partial charge in [-0.1, -0.05) is 29.3 Å². The first-order valence-corrected chi connectivity index (χ1v) is 9.89. The van der Waals surface area contributed by atoms with E-state index in [-0.39, 0.29) is 22.2 Å². The molecule has 0 fully saturated rings. The van der Waals surface area contributed by atoms with Gasteiger partial charge >= 0.3 is 5.97 Å². The normalized spacial score (nSPS) is 20.2. The van der Waals surface area contributed by atoms with Crippen LogP contribution in [0.1, 0.15) is 26.3 Å². The van der Waals surface area contributed by atoms with E-state index in [0.29, 0.717) is 5.02 Å². The van der Waals surface area contributed by atoms with Crippen molar-refractivity contribution in [3.05, 3.63) is 45.5 Å². The zero-order valence-corrected chi connectivity index (χ0v) is 16.8. The van der Waals surface area contributed by atoms with Crippen LogP contribution in [0.4, 0.5) is 0 Å². The maximum Gasteiger partial charge on any atom is 0.308 e. The molecule has 0 N–H and O–H groups in total. The number of ketones is 1. The lowest BCUT2D eigenvalue weighted by Crippen LogP contribution is -2.33. The Kier molecular flexibility index (Phi) is 5.60. The maximum atomic E-state index is 13.0. The van der Waals surface area contributed by atoms with Crippen LogP contribution in [0.25, 0.3) is 0 Å². The predicted molar refractivity (Wildman–Crippen MR) is 95.9 cm³/mol. The molecule has 142 valence electrons. The lowest BCUT2D eigenvalue weighted by Gasteiger charge is -2.27. The van der Waals surface area contributed by atoms with Gasteiger partial charge in [-0.15, -0.1) is 0 Å². The van der Waals surface area contributed by atoms with Crippen LogP contribution in [-0.2, 0) is 34.7 Å². The van der Waals surface area contributed by atoms with Gasteiger partial charge in [-0.3, -0.25) is 9.59 Å². The van der Waals surface area contributed by atoms with Gasteiger partial charge in [0.05, 0.1) is 5.75 Å². The first-order valence-electron chi connectivity index (χ1n) is 7.52. The van der Waals surface area contributed by atoms with E-state index in [1.807, 2.05) is 0 Å². The molecule has 1 heterocycles. The van der Waals surface area contributed by atoms with Crippen LogP contribution in [0.5, 0.6) is 0 Å². The SMILES string of the molecule is CCS(=O)(=O)N(C)C1=C(OC(C)=O)C(=O)C(C)(c2ccc(Cl)cc2Cl)O1. The number of esters is 1. The summed E-state index contributed by atoms with van der Waals surface area (Å²) in [4.78, 5) is 24.4. The fourth-order valence-corrected chi connectivity index (χ4v) is 3.76. The molecule has 0 saturated carbocycles. The van der Waals surface area contributed by atoms with Crippen molar-refractivity contribution in [1.82, 2.24) is 4.31 Å². The Morgan fingerprint density at radius 3 is 2.46 bits per heavy atom. The fraction of sp³-hybridized carbons (Fsp3) is 0.375. The summed E-state index contributed by atoms with van der Waals surface area (Å²) in [6.07, 6.45) is 0. The van der Waals surface area contributed by atoms with Crippen LogP contribution in [0.2, 0.25) is 10.0 Å². The third kappa shape index (κ3) is 3.54. The van der Waals surface area contributed by atoms with Gasteiger partial charge in [0.15, 0.2) is 0 Å². The number of Topliss-reactive ketones (excluding diaryl/α,β-unsaturated/α-hetero) is 1. The van der Waals surface area contributed by atoms with Crippen LogP contribution >= 0.6 is 23.2 Å². The smallest absolute Gasteiger partial charge is 0.308 e. The van der Waals surface area contributed by atoms with Crippen molar-refractivity contribution < 1.29 is 27.5 Å². The van der Waals surface area contributed by atoms with Crippen LogP contribution in [-0.4, -0.2) is 37.3 Å². The van der Waals surface area contributed by atoms with Crippen molar-refractivity contribution in [1.29, 1.82) is 0 Å². The van der Waals surface area contributed by atoms with Crippen molar-refractivity contribution in [2.75, 3.05) is 12.8 Å². The molecule has 26 heavy (non-hydrogen) atoms. The molecule has 2 rings (SSSR count). The van der Waals surface area contributed by atoms with Crippen LogP contribution in [0.3, 0.4) is 0 Å². The van der Waals surface area contributed by atoms with Gasteiger partial charge in [0.25, 0.3) is 11.7 Å². The molecule has 1 aromatic rings. The molecule has 0 amide bonds. The van der Waals surface area contributed by atoms with Crippen molar-refractivity contribution in [3.63, 3.8) is 0 Å². The second kappa shape index (κ2) is 7.09. The van der Waals surface area contributed by atoms with Crippen LogP contribution < -0.4 is 0 Å². The zero-order chi connectivity index (χ0) is 19.9. The Balaban J connectivity index is 2.60. The minimum Gasteiger partial charge on any atom is -0.456 e. The van der Waals surface area contributed by atoms with E-state index in [1.165, 1.54) is 39.1 Å². The number of hydrogen-bond donors (Lipinski definition) is 0. The first-order chi connectivity index (χ1) is 11.9. The second-order valence-electron chi connectivity index (χ2n) is 5.68. The molecule has 0 bridgehead atoms. The Morgan fingerprint density at radius 2 is 1.96 bits per heavy atom. The molecule has 7 nitrogen and oxygen atoms in total. The second-order valence-corrected chi connectivity index (χ2v) is 8.82. The highest BCUT2D eigenvalue weighted by Crippen LogP contribution is 2.43. The zero-order valence-electron chi connectivity index (χ0n) is 14.5. The Labute approximate surface area is 161 Å². The van der Waals surface area contributed by atoms with Crippen molar-refractivity contribution in [2.45, 2.75) is 26.4 Å². The van der Waals surface area contributed by atoms with E-state index in [2.05, 4.69) is 0 Å². The number of benzene rings is 1. The molecule has 1 unspecified atom stereocenters. The summed E-state index contributed by atoms with van der Waals surface area (Å²) in [7, 11) is -2.56. The molecule has 1 aromatic carbocycles. The number of halogens is 2. The van der Waals surface area contributed by atoms with Crippen molar-refractivity contribution >= 4 is 45.0 Å². The first kappa shape index (κ1) is 20.5. The van der Waals surface area contributed by atoms with E-state index in [0.717, 1.165) is 11.2 Å². The number of carbonyl (C=O) groups excluding carboxylic acids is 2. The van der Waals surface area contributed by atoms with Gasteiger partial charge < -0.3 is 9.47 Å². The van der Waals surface area contributed by atoms with E-state index >= 15 is 0 Å². The summed E-state index contributed by atoms with van der Waals surface area (Å²) < 4.78 is 35.8. The molecule has 0 aromatic heterocycles. The largest absolute Gasteiger partial charge is 0.456 e. The molecule has 0 spiro atoms. The molecule has 1 aliphatic heterocycles. The minimum absolute atomic E-state index is 0.151. The number of carbonyl (C=O) groups is 2. The number of nitrogens with zero attached hydrogens (tertiary/aromatic N) is 1. The fourth-order valence-electron chi connectivity index (χ4n) is 2.41. The third-order valence-corrected chi connectivity index (χ3v) is 6.17. The average Bonchev–Trinajstić information content (AvgIpc) is 2.79. The van der Waals surface area contributed by atoms with E-state index in [9.17, 15) is 18.0 Å². The highest BCUT2D eigenvalue weighted by Gasteiger charge is 2.52. The monoisotopic (exact) mass is 421 g/mol. The van der Waals surface area contributed by atoms with Crippen molar-refractivity contribution in [2.24, 2.45) is 0 Å². The molecule has 1 atom stereocenters. The van der Waals surface area contributed by atoms with Gasteiger partial charge in [-0.2, -0.15) is 0 Å². The van der Waals surface area contributed by atoms with E-state index < -0.39 is 33.1 Å². The summed E-state index contributed by atoms with van der Waals surface area (Å²) >= 11 is 12.1. The van der Waals surface area contributed by atoms with Gasteiger partial charge in [0, 0.05) is 29.6 Å². The van der Waals surface area contributed by atoms with Crippen molar-refractivity contribution in [3.8, 4) is 0 Å². The number of rotatable bonds is 5. The summed E-state index contributed by atoms with van der Waals surface area (Å²) in [6.45, 7) is 3.94. The molecule has 0 radical (unpaired) electrons. The summed E-state index contributed by atoms with van der Waals surface area (Å²) in [5, 5.41) is 0.504. The van der Waals surface area contributed by atoms with Crippen LogP contribution in [0, 0.1) is 0 Å². The van der Waals surface area contributed by atoms with E-state index in [4.69, 9.17) is 32.7 Å². The van der Waals surface area contributed by atoms with Gasteiger partial charge in [0.2, 0.25) is 21.4 Å². The number of sulfonamides is 1. The van der Waals surface area contributed by atoms with E-state index in [1.54, 1.807) is 0 Å². The van der Waals surface area contributed by atoms with Gasteiger partial charge in [-0.25, -0.2) is 12.7 Å². The van der Waals surface area contributed by atoms with Gasteiger partial charge in [0.1, 0.15) is 0 Å². The molecule has 0 saturated heterocycles. The lowest BCUT2D eigenvalue weighted by molar-refractivity contribution is -0.142. The highest BCUT2D eigenvalue weighted by atomic mass is 35.5. The minimum atomic E-state index is -3.77. The Bertz CT molecular complexity index is 911. The number of ether oxygens (including phenoxy) is 2. The van der Waals surface area contributed by atoms with Crippen LogP contribution in [0.15, 0.2) is 29.8 Å². The predicted octanol–water partition coefficient (Wildman–Crippen LogP) is 2.82. The molecule has 0 aliphatic carbocycles. The standard InChI is InChI=1S/C16H17Cl2NO6S/c1-5-26(22,23)19(4)15-13(24-9(2)20)14(21)16(3,25-15)11-7-6-10(17)8-12(11)18/h6-8H,5H2,1-4H3. The highest BCUT2D eigenvalue weighted by molar-refractivity contribution is 7.89. The summed E-state index contributed by atoms with van der Waals surface area (Å²) in [6, 6.07) is 4.43. The molecule has 10 heteroatoms. The average molecular weight is 422 g/mol. The number of hydrogen-bond acceptors (Lipinski definition) is 6. The summed E-state index contributed by atoms with van der Waals surface area (Å²) in [5.41, 5.74) is -1.42. The Hall–Kier alpha value is -1.77. The third-order valence-electron chi connectivity index (χ3n) is 3.89. The molecule has 1 aliphatic rings. The van der Waals surface area contributed by atoms with Gasteiger partial charge in [-0.05, 0) is 26.0 Å².